The Labute approximate surface area is 192 Å². The smallest absolute Gasteiger partial charge is 0.339 e. The molecule has 0 fully saturated rings. The Hall–Kier alpha value is -3.54. The van der Waals surface area contributed by atoms with Crippen molar-refractivity contribution < 1.29 is 18.7 Å². The van der Waals surface area contributed by atoms with Crippen LogP contribution in [0.2, 0.25) is 0 Å². The molecule has 2 heterocycles. The molecule has 0 spiro atoms. The number of phenolic OH excluding ortho intramolecular Hbond substituents is 1. The summed E-state index contributed by atoms with van der Waals surface area (Å²) in [6.07, 6.45) is 2.94. The molecule has 2 aromatic heterocycles. The molecule has 0 saturated carbocycles. The first-order chi connectivity index (χ1) is 15.6. The highest BCUT2D eigenvalue weighted by atomic mass is 16.4. The Bertz CT molecular complexity index is 1370. The summed E-state index contributed by atoms with van der Waals surface area (Å²) >= 11 is 0. The average molecular weight is 448 g/mol. The third-order valence-corrected chi connectivity index (χ3v) is 6.06. The number of rotatable bonds is 6. The molecule has 0 saturated heterocycles. The Morgan fingerprint density at radius 1 is 1.03 bits per heavy atom. The van der Waals surface area contributed by atoms with Gasteiger partial charge in [0, 0.05) is 40.9 Å². The van der Waals surface area contributed by atoms with Crippen LogP contribution in [0.25, 0.3) is 21.9 Å². The fourth-order valence-electron chi connectivity index (χ4n) is 4.12. The van der Waals surface area contributed by atoms with E-state index in [9.17, 15) is 14.7 Å². The highest BCUT2D eigenvalue weighted by Gasteiger charge is 2.21. The molecule has 33 heavy (non-hydrogen) atoms. The summed E-state index contributed by atoms with van der Waals surface area (Å²) in [4.78, 5) is 25.0. The van der Waals surface area contributed by atoms with Gasteiger partial charge in [0.05, 0.1) is 6.26 Å². The zero-order chi connectivity index (χ0) is 23.8. The number of benzene rings is 2. The molecule has 0 aliphatic heterocycles. The van der Waals surface area contributed by atoms with Crippen molar-refractivity contribution in [3.63, 3.8) is 0 Å². The molecule has 172 valence electrons. The number of carbonyl (C=O) groups excluding carboxylic acids is 1. The van der Waals surface area contributed by atoms with E-state index in [0.717, 1.165) is 27.5 Å². The van der Waals surface area contributed by atoms with E-state index in [1.807, 2.05) is 25.1 Å². The normalized spacial score (nSPS) is 11.9. The van der Waals surface area contributed by atoms with E-state index in [1.54, 1.807) is 24.5 Å². The SMILES string of the molecule is Cc1c(CCC(=O)NCCc2ccc(O)cc2)c(=O)oc2cc3occ(C(C)(C)C)c3cc12. The molecule has 2 aromatic carbocycles. The molecule has 4 rings (SSSR count). The second kappa shape index (κ2) is 8.77. The zero-order valence-corrected chi connectivity index (χ0v) is 19.5. The fourth-order valence-corrected chi connectivity index (χ4v) is 4.12. The number of fused-ring (bicyclic) bond motifs is 2. The van der Waals surface area contributed by atoms with Crippen LogP contribution in [-0.2, 0) is 23.1 Å². The molecular weight excluding hydrogens is 418 g/mol. The van der Waals surface area contributed by atoms with Crippen molar-refractivity contribution in [1.29, 1.82) is 0 Å². The van der Waals surface area contributed by atoms with Gasteiger partial charge in [0.25, 0.3) is 0 Å². The summed E-state index contributed by atoms with van der Waals surface area (Å²) in [5, 5.41) is 14.1. The molecule has 0 aliphatic carbocycles. The first kappa shape index (κ1) is 22.6. The maximum absolute atomic E-state index is 12.6. The maximum Gasteiger partial charge on any atom is 0.339 e. The number of carbonyl (C=O) groups is 1. The third-order valence-electron chi connectivity index (χ3n) is 6.06. The van der Waals surface area contributed by atoms with Crippen LogP contribution >= 0.6 is 0 Å². The molecule has 6 nitrogen and oxygen atoms in total. The van der Waals surface area contributed by atoms with E-state index in [0.29, 0.717) is 36.1 Å². The number of amides is 1. The van der Waals surface area contributed by atoms with Gasteiger partial charge in [0.1, 0.15) is 16.9 Å². The van der Waals surface area contributed by atoms with Crippen molar-refractivity contribution in [2.75, 3.05) is 6.54 Å². The highest BCUT2D eigenvalue weighted by Crippen LogP contribution is 2.35. The van der Waals surface area contributed by atoms with Crippen LogP contribution in [-0.4, -0.2) is 17.6 Å². The fraction of sp³-hybridized carbons (Fsp3) is 0.333. The van der Waals surface area contributed by atoms with Crippen molar-refractivity contribution in [1.82, 2.24) is 5.32 Å². The largest absolute Gasteiger partial charge is 0.508 e. The summed E-state index contributed by atoms with van der Waals surface area (Å²) in [6, 6.07) is 10.7. The van der Waals surface area contributed by atoms with Crippen LogP contribution in [0.3, 0.4) is 0 Å². The first-order valence-electron chi connectivity index (χ1n) is 11.2. The molecule has 0 atom stereocenters. The van der Waals surface area contributed by atoms with Gasteiger partial charge < -0.3 is 19.3 Å². The van der Waals surface area contributed by atoms with E-state index in [-0.39, 0.29) is 23.5 Å². The Balaban J connectivity index is 1.50. The van der Waals surface area contributed by atoms with Gasteiger partial charge in [-0.2, -0.15) is 0 Å². The van der Waals surface area contributed by atoms with E-state index in [2.05, 4.69) is 26.1 Å². The molecule has 4 aromatic rings. The topological polar surface area (TPSA) is 92.7 Å². The van der Waals surface area contributed by atoms with Gasteiger partial charge in [0.15, 0.2) is 0 Å². The maximum atomic E-state index is 12.6. The molecule has 6 heteroatoms. The van der Waals surface area contributed by atoms with Crippen molar-refractivity contribution in [3.05, 3.63) is 75.3 Å². The predicted octanol–water partition coefficient (Wildman–Crippen LogP) is 5.14. The lowest BCUT2D eigenvalue weighted by atomic mass is 9.86. The molecule has 1 amide bonds. The second-order valence-electron chi connectivity index (χ2n) is 9.50. The quantitative estimate of drug-likeness (QED) is 0.399. The lowest BCUT2D eigenvalue weighted by Crippen LogP contribution is -2.26. The van der Waals surface area contributed by atoms with E-state index in [4.69, 9.17) is 8.83 Å². The van der Waals surface area contributed by atoms with Crippen LogP contribution in [0.4, 0.5) is 0 Å². The number of aryl methyl sites for hydroxylation is 1. The lowest BCUT2D eigenvalue weighted by Gasteiger charge is -2.16. The van der Waals surface area contributed by atoms with E-state index < -0.39 is 5.63 Å². The summed E-state index contributed by atoms with van der Waals surface area (Å²) < 4.78 is 11.3. The number of furan rings is 1. The van der Waals surface area contributed by atoms with Crippen molar-refractivity contribution in [2.24, 2.45) is 0 Å². The number of nitrogens with one attached hydrogen (secondary N) is 1. The monoisotopic (exact) mass is 447 g/mol. The molecule has 0 radical (unpaired) electrons. The second-order valence-corrected chi connectivity index (χ2v) is 9.50. The molecule has 0 unspecified atom stereocenters. The van der Waals surface area contributed by atoms with Crippen molar-refractivity contribution in [3.8, 4) is 5.75 Å². The Morgan fingerprint density at radius 2 is 1.76 bits per heavy atom. The van der Waals surface area contributed by atoms with Crippen LogP contribution in [0.5, 0.6) is 5.75 Å². The minimum Gasteiger partial charge on any atom is -0.508 e. The van der Waals surface area contributed by atoms with Gasteiger partial charge in [0.2, 0.25) is 5.91 Å². The highest BCUT2D eigenvalue weighted by molar-refractivity contribution is 5.96. The summed E-state index contributed by atoms with van der Waals surface area (Å²) in [5.41, 5.74) is 4.16. The predicted molar refractivity (Wildman–Crippen MR) is 129 cm³/mol. The van der Waals surface area contributed by atoms with E-state index in [1.165, 1.54) is 0 Å². The van der Waals surface area contributed by atoms with Crippen LogP contribution in [0, 0.1) is 6.92 Å². The van der Waals surface area contributed by atoms with Gasteiger partial charge in [-0.1, -0.05) is 32.9 Å². The van der Waals surface area contributed by atoms with Crippen molar-refractivity contribution in [2.45, 2.75) is 52.4 Å². The number of phenols is 1. The van der Waals surface area contributed by atoms with E-state index >= 15 is 0 Å². The summed E-state index contributed by atoms with van der Waals surface area (Å²) in [5.74, 6) is 0.100. The first-order valence-corrected chi connectivity index (χ1v) is 11.2. The van der Waals surface area contributed by atoms with Gasteiger partial charge in [-0.05, 0) is 54.5 Å². The number of aromatic hydroxyl groups is 1. The molecule has 0 bridgehead atoms. The van der Waals surface area contributed by atoms with Crippen LogP contribution < -0.4 is 10.9 Å². The minimum atomic E-state index is -0.418. The minimum absolute atomic E-state index is 0.0799. The number of hydrogen-bond acceptors (Lipinski definition) is 5. The molecule has 0 aliphatic rings. The van der Waals surface area contributed by atoms with Crippen LogP contribution in [0.1, 0.15) is 49.4 Å². The Kier molecular flexibility index (Phi) is 6.02. The average Bonchev–Trinajstić information content (AvgIpc) is 3.17. The number of hydrogen-bond donors (Lipinski definition) is 2. The molecular formula is C27H29NO5. The third kappa shape index (κ3) is 4.80. The Morgan fingerprint density at radius 3 is 2.45 bits per heavy atom. The summed E-state index contributed by atoms with van der Waals surface area (Å²) in [6.45, 7) is 8.78. The van der Waals surface area contributed by atoms with Gasteiger partial charge in [-0.15, -0.1) is 0 Å². The van der Waals surface area contributed by atoms with Gasteiger partial charge in [-0.3, -0.25) is 4.79 Å². The summed E-state index contributed by atoms with van der Waals surface area (Å²) in [7, 11) is 0. The molecule has 2 N–H and O–H groups in total. The zero-order valence-electron chi connectivity index (χ0n) is 19.5. The lowest BCUT2D eigenvalue weighted by molar-refractivity contribution is -0.121. The van der Waals surface area contributed by atoms with Crippen molar-refractivity contribution >= 4 is 27.8 Å². The van der Waals surface area contributed by atoms with Gasteiger partial charge in [-0.25, -0.2) is 4.79 Å². The standard InChI is InChI=1S/C27H29NO5/c1-16-19(9-10-25(30)28-12-11-17-5-7-18(29)8-6-17)26(31)33-24-14-23-21(13-20(16)24)22(15-32-23)27(2,3)4/h5-8,13-15,29H,9-12H2,1-4H3,(H,28,30). The van der Waals surface area contributed by atoms with Gasteiger partial charge >= 0.3 is 5.63 Å². The van der Waals surface area contributed by atoms with Crippen LogP contribution in [0.15, 0.2) is 56.3 Å².